The number of piperazine rings is 1. The molecule has 3 aromatic carbocycles. The van der Waals surface area contributed by atoms with Crippen molar-refractivity contribution in [3.63, 3.8) is 0 Å². The van der Waals surface area contributed by atoms with Gasteiger partial charge in [0.25, 0.3) is 5.91 Å². The molecule has 2 aromatic heterocycles. The number of nitriles is 1. The van der Waals surface area contributed by atoms with Crippen molar-refractivity contribution >= 4 is 35.0 Å². The fourth-order valence-corrected chi connectivity index (χ4v) is 12.0. The van der Waals surface area contributed by atoms with Gasteiger partial charge in [-0.3, -0.25) is 24.1 Å². The highest BCUT2D eigenvalue weighted by atomic mass is 32.1. The Hall–Kier alpha value is -6.73. The molecule has 4 amide bonds. The van der Waals surface area contributed by atoms with Crippen molar-refractivity contribution in [3.8, 4) is 27.9 Å². The first-order valence-electron chi connectivity index (χ1n) is 25.9. The molecule has 21 heteroatoms. The lowest BCUT2D eigenvalue weighted by atomic mass is 9.49. The second kappa shape index (κ2) is 22.7. The van der Waals surface area contributed by atoms with Gasteiger partial charge in [0.15, 0.2) is 0 Å². The van der Waals surface area contributed by atoms with Crippen molar-refractivity contribution in [2.45, 2.75) is 118 Å². The number of hydrogen-bond acceptors (Lipinski definition) is 13. The number of β-amino-alcohol motifs (C(OH)–C–C–N with tert-alkyl or cyclic N) is 1. The summed E-state index contributed by atoms with van der Waals surface area (Å²) in [7, 11) is 0. The van der Waals surface area contributed by atoms with E-state index in [-0.39, 0.29) is 55.6 Å². The number of carbonyl (C=O) groups is 4. The number of halogens is 3. The first-order chi connectivity index (χ1) is 36.3. The second-order valence-electron chi connectivity index (χ2n) is 22.7. The van der Waals surface area contributed by atoms with Crippen molar-refractivity contribution in [1.82, 2.24) is 50.6 Å². The number of aryl methyl sites for hydroxylation is 2. The Balaban J connectivity index is 0.757. The van der Waals surface area contributed by atoms with Crippen molar-refractivity contribution in [3.05, 3.63) is 112 Å². The van der Waals surface area contributed by atoms with E-state index in [0.29, 0.717) is 25.1 Å². The van der Waals surface area contributed by atoms with Crippen LogP contribution in [0, 0.1) is 34.5 Å². The number of aromatic nitrogens is 4. The molecule has 0 radical (unpaired) electrons. The summed E-state index contributed by atoms with van der Waals surface area (Å²) >= 11 is 1.57. The standard InChI is InChI=1S/C56H68F3N11O6S/c1-34-46(77-33-62-34)36-13-11-35(12-14-36)29-61-49(74)44-26-41(71)31-69(44)50(75)47(53(2,3)4)63-45(72)32-68-24-22-67(23-25-68)21-9-10-39-30-70(66-65-39)40-18-15-37(16-19-40)48(73)64-51-54(5,6)52(55(51,7)8)76-42-20-17-38(28-60)43(27-42)56(57,58)59/h11-20,27,30,33,41,44,47,51-52,71H,9-10,21-26,29,31-32H2,1-8H3,(H,61,74)(H,63,72)(H,64,73)/t41-,44+,47?,51?,52?/m1/s1. The molecule has 77 heavy (non-hydrogen) atoms. The number of likely N-dealkylation sites (tertiary alicyclic amines) is 1. The van der Waals surface area contributed by atoms with Crippen LogP contribution in [-0.2, 0) is 33.5 Å². The first kappa shape index (κ1) is 56.5. The minimum absolute atomic E-state index is 0.00364. The van der Waals surface area contributed by atoms with Crippen LogP contribution in [-0.4, -0.2) is 140 Å². The Morgan fingerprint density at radius 1 is 0.948 bits per heavy atom. The lowest BCUT2D eigenvalue weighted by molar-refractivity contribution is -0.164. The Bertz CT molecular complexity index is 2960. The lowest BCUT2D eigenvalue weighted by Crippen LogP contribution is -2.74. The minimum Gasteiger partial charge on any atom is -0.489 e. The molecule has 0 bridgehead atoms. The summed E-state index contributed by atoms with van der Waals surface area (Å²) in [5.74, 6) is -1.36. The van der Waals surface area contributed by atoms with E-state index in [2.05, 4.69) is 41.0 Å². The van der Waals surface area contributed by atoms with E-state index in [1.165, 1.54) is 11.0 Å². The number of thiazole rings is 1. The number of hydrogen-bond donors (Lipinski definition) is 4. The summed E-state index contributed by atoms with van der Waals surface area (Å²) in [5.41, 5.74) is 3.14. The number of aliphatic hydroxyl groups excluding tert-OH is 1. The third-order valence-electron chi connectivity index (χ3n) is 15.2. The van der Waals surface area contributed by atoms with E-state index < -0.39 is 63.7 Å². The summed E-state index contributed by atoms with van der Waals surface area (Å²) in [6, 6.07) is 17.6. The van der Waals surface area contributed by atoms with Crippen LogP contribution in [0.15, 0.2) is 78.4 Å². The quantitative estimate of drug-likeness (QED) is 0.0781. The van der Waals surface area contributed by atoms with Crippen LogP contribution < -0.4 is 20.7 Å². The average molecular weight is 1080 g/mol. The molecule has 1 aliphatic carbocycles. The number of nitrogens with zero attached hydrogens (tertiary/aromatic N) is 8. The van der Waals surface area contributed by atoms with Gasteiger partial charge in [0.1, 0.15) is 23.9 Å². The molecule has 4 N–H and O–H groups in total. The maximum Gasteiger partial charge on any atom is 0.417 e. The highest BCUT2D eigenvalue weighted by Gasteiger charge is 2.64. The van der Waals surface area contributed by atoms with Crippen molar-refractivity contribution in [2.24, 2.45) is 16.2 Å². The number of amides is 4. The van der Waals surface area contributed by atoms with Crippen molar-refractivity contribution in [2.75, 3.05) is 45.8 Å². The Labute approximate surface area is 451 Å². The van der Waals surface area contributed by atoms with Crippen LogP contribution >= 0.6 is 11.3 Å². The van der Waals surface area contributed by atoms with Gasteiger partial charge in [0.2, 0.25) is 17.7 Å². The number of nitrogens with one attached hydrogen (secondary N) is 3. The summed E-state index contributed by atoms with van der Waals surface area (Å²) in [6.07, 6.45) is -2.64. The molecule has 4 heterocycles. The molecule has 2 saturated heterocycles. The van der Waals surface area contributed by atoms with Gasteiger partial charge >= 0.3 is 6.18 Å². The fraction of sp³-hybridized carbons (Fsp3) is 0.500. The topological polar surface area (TPSA) is 211 Å². The van der Waals surface area contributed by atoms with Gasteiger partial charge in [-0.1, -0.05) is 77.9 Å². The van der Waals surface area contributed by atoms with Crippen LogP contribution in [0.5, 0.6) is 5.75 Å². The molecular formula is C56H68F3N11O6S. The summed E-state index contributed by atoms with van der Waals surface area (Å²) in [5, 5.41) is 37.6. The molecular weight excluding hydrogens is 1010 g/mol. The summed E-state index contributed by atoms with van der Waals surface area (Å²) in [6.45, 7) is 19.2. The molecule has 1 unspecified atom stereocenters. The third kappa shape index (κ3) is 12.8. The number of alkyl halides is 3. The van der Waals surface area contributed by atoms with Crippen LogP contribution in [0.1, 0.15) is 99.7 Å². The smallest absolute Gasteiger partial charge is 0.417 e. The van der Waals surface area contributed by atoms with Gasteiger partial charge < -0.3 is 35.6 Å². The lowest BCUT2D eigenvalue weighted by Gasteiger charge is -2.63. The molecule has 17 nitrogen and oxygen atoms in total. The normalized spacial score (nSPS) is 20.9. The van der Waals surface area contributed by atoms with Gasteiger partial charge in [-0.25, -0.2) is 9.67 Å². The number of rotatable bonds is 17. The highest BCUT2D eigenvalue weighted by molar-refractivity contribution is 7.13. The highest BCUT2D eigenvalue weighted by Crippen LogP contribution is 2.56. The molecule has 1 saturated carbocycles. The Kier molecular flexibility index (Phi) is 16.6. The maximum absolute atomic E-state index is 14.2. The van der Waals surface area contributed by atoms with E-state index >= 15 is 0 Å². The number of aliphatic hydroxyl groups is 1. The van der Waals surface area contributed by atoms with E-state index in [1.807, 2.05) is 91.4 Å². The van der Waals surface area contributed by atoms with Gasteiger partial charge in [0.05, 0.1) is 63.5 Å². The number of carbonyl (C=O) groups excluding carboxylic acids is 4. The Morgan fingerprint density at radius 3 is 2.25 bits per heavy atom. The Morgan fingerprint density at radius 2 is 1.62 bits per heavy atom. The molecule has 3 fully saturated rings. The summed E-state index contributed by atoms with van der Waals surface area (Å²) < 4.78 is 48.7. The largest absolute Gasteiger partial charge is 0.489 e. The van der Waals surface area contributed by atoms with Crippen LogP contribution in [0.2, 0.25) is 0 Å². The van der Waals surface area contributed by atoms with Crippen molar-refractivity contribution < 1.29 is 42.2 Å². The number of benzene rings is 3. The van der Waals surface area contributed by atoms with E-state index in [9.17, 15) is 42.7 Å². The predicted molar refractivity (Wildman–Crippen MR) is 284 cm³/mol. The van der Waals surface area contributed by atoms with Crippen LogP contribution in [0.25, 0.3) is 16.1 Å². The van der Waals surface area contributed by atoms with E-state index in [1.54, 1.807) is 46.4 Å². The zero-order valence-corrected chi connectivity index (χ0v) is 45.6. The minimum atomic E-state index is -4.72. The van der Waals surface area contributed by atoms with Crippen molar-refractivity contribution in [1.29, 1.82) is 5.26 Å². The maximum atomic E-state index is 14.2. The molecule has 3 atom stereocenters. The van der Waals surface area contributed by atoms with Gasteiger partial charge in [-0.15, -0.1) is 16.4 Å². The van der Waals surface area contributed by atoms with E-state index in [4.69, 9.17) is 4.74 Å². The van der Waals surface area contributed by atoms with Gasteiger partial charge in [0, 0.05) is 68.1 Å². The van der Waals surface area contributed by atoms with E-state index in [0.717, 1.165) is 71.3 Å². The molecule has 5 aromatic rings. The zero-order chi connectivity index (χ0) is 55.6. The monoisotopic (exact) mass is 1080 g/mol. The molecule has 2 aliphatic heterocycles. The van der Waals surface area contributed by atoms with Gasteiger partial charge in [-0.2, -0.15) is 18.4 Å². The third-order valence-corrected chi connectivity index (χ3v) is 16.1. The number of ether oxygens (including phenoxy) is 1. The van der Waals surface area contributed by atoms with Gasteiger partial charge in [-0.05, 0) is 85.3 Å². The zero-order valence-electron chi connectivity index (χ0n) is 44.8. The van der Waals surface area contributed by atoms with Crippen LogP contribution in [0.3, 0.4) is 0 Å². The molecule has 0 spiro atoms. The predicted octanol–water partition coefficient (Wildman–Crippen LogP) is 6.56. The fourth-order valence-electron chi connectivity index (χ4n) is 11.2. The SMILES string of the molecule is Cc1ncsc1-c1ccc(CNC(=O)[C@@H]2C[C@@H](O)CN2C(=O)C(NC(=O)CN2CCN(CCCc3cn(-c4ccc(C(=O)NC5C(C)(C)C(Oc6ccc(C#N)c(C(F)(F)F)c6)C5(C)C)cc4)nn3)CC2)C(C)(C)C)cc1. The molecule has 8 rings (SSSR count). The summed E-state index contributed by atoms with van der Waals surface area (Å²) in [4.78, 5) is 66.1. The second-order valence-corrected chi connectivity index (χ2v) is 23.6. The first-order valence-corrected chi connectivity index (χ1v) is 26.8. The molecule has 3 aliphatic rings. The van der Waals surface area contributed by atoms with Crippen LogP contribution in [0.4, 0.5) is 13.2 Å². The average Bonchev–Trinajstić information content (AvgIpc) is 4.22. The molecule has 410 valence electrons.